The van der Waals surface area contributed by atoms with E-state index in [0.717, 1.165) is 0 Å². The first kappa shape index (κ1) is 8.69. The fraction of sp³-hybridized carbons (Fsp3) is 0.250. The molecule has 0 amide bonds. The monoisotopic (exact) mass is 189 g/mol. The summed E-state index contributed by atoms with van der Waals surface area (Å²) in [5.41, 5.74) is 0. The van der Waals surface area contributed by atoms with Gasteiger partial charge in [-0.1, -0.05) is 23.2 Å². The van der Waals surface area contributed by atoms with Crippen LogP contribution in [0.3, 0.4) is 0 Å². The molecule has 0 aliphatic rings. The highest BCUT2D eigenvalue weighted by molar-refractivity contribution is 6.34. The van der Waals surface area contributed by atoms with Gasteiger partial charge in [0.2, 0.25) is 0 Å². The summed E-state index contributed by atoms with van der Waals surface area (Å²) in [5, 5.41) is 1.05. The van der Waals surface area contributed by atoms with Crippen molar-refractivity contribution < 1.29 is 4.74 Å². The van der Waals surface area contributed by atoms with Crippen molar-refractivity contribution in [1.82, 2.24) is 0 Å². The first-order chi connectivity index (χ1) is 5.24. The maximum absolute atomic E-state index is 5.76. The maximum Gasteiger partial charge on any atom is 0.139 e. The molecule has 0 aliphatic carbocycles. The van der Waals surface area contributed by atoms with Gasteiger partial charge >= 0.3 is 0 Å². The summed E-state index contributed by atoms with van der Waals surface area (Å²) in [7, 11) is 0. The Bertz CT molecular complexity index is 248. The van der Waals surface area contributed by atoms with Crippen LogP contribution in [0.15, 0.2) is 12.1 Å². The van der Waals surface area contributed by atoms with Crippen LogP contribution in [0, 0.1) is 6.07 Å². The first-order valence-electron chi connectivity index (χ1n) is 3.23. The molecule has 3 heteroatoms. The van der Waals surface area contributed by atoms with E-state index in [-0.39, 0.29) is 0 Å². The highest BCUT2D eigenvalue weighted by Gasteiger charge is 2.00. The van der Waals surface area contributed by atoms with Crippen LogP contribution >= 0.6 is 23.2 Å². The average Bonchev–Trinajstić information content (AvgIpc) is 1.98. The van der Waals surface area contributed by atoms with Gasteiger partial charge in [-0.15, -0.1) is 0 Å². The van der Waals surface area contributed by atoms with Crippen LogP contribution < -0.4 is 4.74 Å². The van der Waals surface area contributed by atoms with E-state index in [9.17, 15) is 0 Å². The van der Waals surface area contributed by atoms with Gasteiger partial charge in [-0.3, -0.25) is 0 Å². The molecule has 0 atom stereocenters. The van der Waals surface area contributed by atoms with Crippen molar-refractivity contribution in [2.45, 2.75) is 6.92 Å². The Morgan fingerprint density at radius 2 is 2.27 bits per heavy atom. The predicted octanol–water partition coefficient (Wildman–Crippen LogP) is 3.19. The van der Waals surface area contributed by atoms with Crippen LogP contribution in [0.1, 0.15) is 6.92 Å². The Morgan fingerprint density at radius 1 is 1.55 bits per heavy atom. The van der Waals surface area contributed by atoms with E-state index in [0.29, 0.717) is 22.4 Å². The molecule has 0 aromatic heterocycles. The molecule has 0 aliphatic heterocycles. The third-order valence-electron chi connectivity index (χ3n) is 1.13. The minimum Gasteiger partial charge on any atom is -0.492 e. The molecule has 59 valence electrons. The molecule has 1 aromatic rings. The molecule has 0 saturated carbocycles. The first-order valence-corrected chi connectivity index (χ1v) is 3.99. The van der Waals surface area contributed by atoms with Crippen molar-refractivity contribution in [2.75, 3.05) is 6.61 Å². The lowest BCUT2D eigenvalue weighted by Gasteiger charge is -2.04. The molecule has 1 nitrogen and oxygen atoms in total. The van der Waals surface area contributed by atoms with E-state index in [2.05, 4.69) is 6.07 Å². The zero-order chi connectivity index (χ0) is 8.27. The van der Waals surface area contributed by atoms with Crippen molar-refractivity contribution in [3.05, 3.63) is 28.2 Å². The third kappa shape index (κ3) is 2.28. The number of rotatable bonds is 2. The predicted molar refractivity (Wildman–Crippen MR) is 46.5 cm³/mol. The van der Waals surface area contributed by atoms with Crippen molar-refractivity contribution in [1.29, 1.82) is 0 Å². The summed E-state index contributed by atoms with van der Waals surface area (Å²) in [6, 6.07) is 5.99. The van der Waals surface area contributed by atoms with E-state index in [4.69, 9.17) is 27.9 Å². The second kappa shape index (κ2) is 3.84. The highest BCUT2D eigenvalue weighted by Crippen LogP contribution is 2.26. The summed E-state index contributed by atoms with van der Waals surface area (Å²) in [4.78, 5) is 0. The summed E-state index contributed by atoms with van der Waals surface area (Å²) in [6.45, 7) is 2.47. The van der Waals surface area contributed by atoms with E-state index in [1.165, 1.54) is 0 Å². The molecule has 0 unspecified atom stereocenters. The van der Waals surface area contributed by atoms with Gasteiger partial charge < -0.3 is 4.74 Å². The molecule has 0 N–H and O–H groups in total. The normalized spacial score (nSPS) is 9.73. The van der Waals surface area contributed by atoms with Gasteiger partial charge in [-0.05, 0) is 13.0 Å². The second-order valence-corrected chi connectivity index (χ2v) is 2.74. The Morgan fingerprint density at radius 3 is 2.91 bits per heavy atom. The van der Waals surface area contributed by atoms with Crippen LogP contribution in [-0.2, 0) is 0 Å². The molecule has 1 aromatic carbocycles. The van der Waals surface area contributed by atoms with Crippen molar-refractivity contribution in [3.63, 3.8) is 0 Å². The largest absolute Gasteiger partial charge is 0.492 e. The SMILES string of the molecule is CCOc1cc(Cl)[c]cc1Cl. The van der Waals surface area contributed by atoms with E-state index in [1.807, 2.05) is 6.92 Å². The minimum absolute atomic E-state index is 0.512. The summed E-state index contributed by atoms with van der Waals surface area (Å²) in [6.07, 6.45) is 0. The molecule has 0 heterocycles. The van der Waals surface area contributed by atoms with Crippen molar-refractivity contribution >= 4 is 23.2 Å². The molecule has 0 bridgehead atoms. The Hall–Kier alpha value is -0.400. The minimum atomic E-state index is 0.512. The zero-order valence-corrected chi connectivity index (χ0v) is 7.54. The number of hydrogen-bond donors (Lipinski definition) is 0. The topological polar surface area (TPSA) is 9.23 Å². The van der Waals surface area contributed by atoms with Gasteiger partial charge in [0.25, 0.3) is 0 Å². The Labute approximate surface area is 75.9 Å². The number of benzene rings is 1. The fourth-order valence-electron chi connectivity index (χ4n) is 0.695. The van der Waals surface area contributed by atoms with Crippen LogP contribution in [0.5, 0.6) is 5.75 Å². The van der Waals surface area contributed by atoms with Gasteiger partial charge in [-0.25, -0.2) is 0 Å². The fourth-order valence-corrected chi connectivity index (χ4v) is 1.01. The van der Waals surface area contributed by atoms with E-state index < -0.39 is 0 Å². The lowest BCUT2D eigenvalue weighted by molar-refractivity contribution is 0.340. The van der Waals surface area contributed by atoms with Crippen LogP contribution in [0.4, 0.5) is 0 Å². The molecule has 1 rings (SSSR count). The molecule has 1 radical (unpaired) electrons. The molecular weight excluding hydrogens is 183 g/mol. The Kier molecular flexibility index (Phi) is 3.03. The molecule has 0 fully saturated rings. The number of halogens is 2. The van der Waals surface area contributed by atoms with Gasteiger partial charge in [-0.2, -0.15) is 0 Å². The van der Waals surface area contributed by atoms with Crippen LogP contribution in [0.2, 0.25) is 10.0 Å². The molecule has 0 spiro atoms. The number of hydrogen-bond acceptors (Lipinski definition) is 1. The molecule has 11 heavy (non-hydrogen) atoms. The smallest absolute Gasteiger partial charge is 0.139 e. The summed E-state index contributed by atoms with van der Waals surface area (Å²) < 4.78 is 5.18. The maximum atomic E-state index is 5.76. The number of ether oxygens (including phenoxy) is 1. The molecule has 0 saturated heterocycles. The zero-order valence-electron chi connectivity index (χ0n) is 6.03. The Balaban J connectivity index is 2.93. The highest BCUT2D eigenvalue weighted by atomic mass is 35.5. The standard InChI is InChI=1S/C8H7Cl2O/c1-2-11-8-5-6(9)3-4-7(8)10/h4-5H,2H2,1H3. The van der Waals surface area contributed by atoms with Crippen LogP contribution in [0.25, 0.3) is 0 Å². The van der Waals surface area contributed by atoms with E-state index >= 15 is 0 Å². The quantitative estimate of drug-likeness (QED) is 0.695. The third-order valence-corrected chi connectivity index (χ3v) is 1.64. The summed E-state index contributed by atoms with van der Waals surface area (Å²) >= 11 is 11.4. The lowest BCUT2D eigenvalue weighted by Crippen LogP contribution is -1.91. The average molecular weight is 190 g/mol. The molecular formula is C8H7Cl2O. The van der Waals surface area contributed by atoms with E-state index in [1.54, 1.807) is 12.1 Å². The van der Waals surface area contributed by atoms with Crippen molar-refractivity contribution in [2.24, 2.45) is 0 Å². The summed E-state index contributed by atoms with van der Waals surface area (Å²) in [5.74, 6) is 0.609. The van der Waals surface area contributed by atoms with Gasteiger partial charge in [0.1, 0.15) is 5.75 Å². The lowest BCUT2D eigenvalue weighted by atomic mass is 10.3. The van der Waals surface area contributed by atoms with Crippen LogP contribution in [-0.4, -0.2) is 6.61 Å². The second-order valence-electron chi connectivity index (χ2n) is 1.93. The van der Waals surface area contributed by atoms with Gasteiger partial charge in [0, 0.05) is 12.1 Å². The van der Waals surface area contributed by atoms with Crippen molar-refractivity contribution in [3.8, 4) is 5.75 Å². The van der Waals surface area contributed by atoms with Gasteiger partial charge in [0.15, 0.2) is 0 Å². The van der Waals surface area contributed by atoms with Gasteiger partial charge in [0.05, 0.1) is 16.7 Å².